The average Bonchev–Trinajstić information content (AvgIpc) is 3.81. The zero-order valence-corrected chi connectivity index (χ0v) is 27.3. The molecule has 4 aliphatic carbocycles. The summed E-state index contributed by atoms with van der Waals surface area (Å²) in [6, 6.07) is 14.0. The number of benzene rings is 2. The van der Waals surface area contributed by atoms with Gasteiger partial charge in [-0.05, 0) is 113 Å². The highest BCUT2D eigenvalue weighted by atomic mass is 79.9. The van der Waals surface area contributed by atoms with Crippen molar-refractivity contribution in [2.45, 2.75) is 77.0 Å². The van der Waals surface area contributed by atoms with Gasteiger partial charge in [-0.15, -0.1) is 0 Å². The Labute approximate surface area is 268 Å². The Kier molecular flexibility index (Phi) is 9.56. The smallest absolute Gasteiger partial charge is 0.337 e. The summed E-state index contributed by atoms with van der Waals surface area (Å²) in [6.07, 6.45) is 18.5. The number of esters is 2. The number of ether oxygens (including phenoxy) is 2. The first kappa shape index (κ1) is 30.6. The minimum atomic E-state index is -0.270. The van der Waals surface area contributed by atoms with Crippen LogP contribution >= 0.6 is 15.9 Å². The maximum absolute atomic E-state index is 11.9. The molecule has 4 aliphatic rings. The molecule has 0 atom stereocenters. The molecule has 0 aliphatic heterocycles. The lowest BCUT2D eigenvalue weighted by Gasteiger charge is -2.25. The molecule has 0 radical (unpaired) electrons. The van der Waals surface area contributed by atoms with Crippen LogP contribution in [0.15, 0.2) is 63.9 Å². The van der Waals surface area contributed by atoms with E-state index in [1.807, 2.05) is 36.6 Å². The second-order valence-corrected chi connectivity index (χ2v) is 13.4. The minimum Gasteiger partial charge on any atom is -0.472 e. The Morgan fingerprint density at radius 3 is 1.75 bits per heavy atom. The van der Waals surface area contributed by atoms with E-state index in [9.17, 15) is 9.59 Å². The number of hydrogen-bond donors (Lipinski definition) is 0. The molecule has 44 heavy (non-hydrogen) atoms. The van der Waals surface area contributed by atoms with E-state index in [0.29, 0.717) is 23.0 Å². The van der Waals surface area contributed by atoms with Crippen LogP contribution in [-0.4, -0.2) is 26.2 Å². The van der Waals surface area contributed by atoms with Gasteiger partial charge in [0.15, 0.2) is 0 Å². The standard InChI is InChI=1S/C21H22O3.C17H19BrO2/c1-23-21(22)15-7-8-18-17(11-15)12-19(16-9-10-24-13-16)20(18)14-5-3-2-4-6-14;1-20-17(19)12-7-8-14-13(9-12)10-15(18)16(14)11-5-3-2-4-6-11/h7-11,13-14H,2-6,12H2,1H3;7-9,11H,2-6,10H2,1H3. The fourth-order valence-corrected chi connectivity index (χ4v) is 8.58. The van der Waals surface area contributed by atoms with Gasteiger partial charge in [0, 0.05) is 16.5 Å². The topological polar surface area (TPSA) is 65.7 Å². The first-order valence-electron chi connectivity index (χ1n) is 16.1. The van der Waals surface area contributed by atoms with Gasteiger partial charge in [0.25, 0.3) is 0 Å². The predicted molar refractivity (Wildman–Crippen MR) is 177 cm³/mol. The zero-order valence-electron chi connectivity index (χ0n) is 25.8. The molecular weight excluding hydrogens is 616 g/mol. The summed E-state index contributed by atoms with van der Waals surface area (Å²) >= 11 is 3.76. The van der Waals surface area contributed by atoms with Crippen molar-refractivity contribution in [1.29, 1.82) is 0 Å². The van der Waals surface area contributed by atoms with Gasteiger partial charge >= 0.3 is 11.9 Å². The lowest BCUT2D eigenvalue weighted by Crippen LogP contribution is -2.09. The highest BCUT2D eigenvalue weighted by Crippen LogP contribution is 2.47. The number of furan rings is 1. The number of rotatable bonds is 5. The SMILES string of the molecule is COC(=O)c1ccc2c(c1)CC(Br)=C2C1CCCCC1.COC(=O)c1ccc2c(c1)CC(c1ccoc1)=C2C1CCCCC1. The van der Waals surface area contributed by atoms with Crippen molar-refractivity contribution in [1.82, 2.24) is 0 Å². The van der Waals surface area contributed by atoms with Gasteiger partial charge in [-0.2, -0.15) is 0 Å². The summed E-state index contributed by atoms with van der Waals surface area (Å²) in [5.41, 5.74) is 11.9. The van der Waals surface area contributed by atoms with Gasteiger partial charge in [-0.1, -0.05) is 66.6 Å². The molecule has 3 aromatic rings. The van der Waals surface area contributed by atoms with E-state index < -0.39 is 0 Å². The van der Waals surface area contributed by atoms with E-state index in [1.54, 1.807) is 6.26 Å². The molecule has 2 saturated carbocycles. The first-order valence-corrected chi connectivity index (χ1v) is 16.8. The van der Waals surface area contributed by atoms with Crippen molar-refractivity contribution in [3.8, 4) is 0 Å². The number of fused-ring (bicyclic) bond motifs is 2. The Bertz CT molecular complexity index is 1580. The van der Waals surface area contributed by atoms with Crippen LogP contribution < -0.4 is 0 Å². The van der Waals surface area contributed by atoms with E-state index >= 15 is 0 Å². The van der Waals surface area contributed by atoms with Crippen molar-refractivity contribution in [3.63, 3.8) is 0 Å². The van der Waals surface area contributed by atoms with Crippen molar-refractivity contribution >= 4 is 44.6 Å². The largest absolute Gasteiger partial charge is 0.472 e. The summed E-state index contributed by atoms with van der Waals surface area (Å²) in [7, 11) is 2.86. The van der Waals surface area contributed by atoms with Crippen LogP contribution in [0, 0.1) is 11.8 Å². The molecule has 6 heteroatoms. The third-order valence-electron chi connectivity index (χ3n) is 9.86. The maximum Gasteiger partial charge on any atom is 0.337 e. The lowest BCUT2D eigenvalue weighted by molar-refractivity contribution is 0.0591. The minimum absolute atomic E-state index is 0.255. The van der Waals surface area contributed by atoms with Crippen molar-refractivity contribution in [3.05, 3.63) is 98.4 Å². The second kappa shape index (κ2) is 13.7. The molecule has 0 N–H and O–H groups in total. The predicted octanol–water partition coefficient (Wildman–Crippen LogP) is 9.83. The number of methoxy groups -OCH3 is 2. The summed E-state index contributed by atoms with van der Waals surface area (Å²) in [5.74, 6) is 0.779. The van der Waals surface area contributed by atoms with Crippen molar-refractivity contribution in [2.75, 3.05) is 14.2 Å². The highest BCUT2D eigenvalue weighted by molar-refractivity contribution is 9.11. The van der Waals surface area contributed by atoms with Crippen LogP contribution in [0.2, 0.25) is 0 Å². The molecule has 230 valence electrons. The molecule has 0 saturated heterocycles. The molecule has 2 fully saturated rings. The van der Waals surface area contributed by atoms with Gasteiger partial charge < -0.3 is 13.9 Å². The summed E-state index contributed by atoms with van der Waals surface area (Å²) < 4.78 is 16.3. The molecule has 5 nitrogen and oxygen atoms in total. The molecule has 1 heterocycles. The van der Waals surface area contributed by atoms with E-state index in [-0.39, 0.29) is 11.9 Å². The summed E-state index contributed by atoms with van der Waals surface area (Å²) in [6.45, 7) is 0. The van der Waals surface area contributed by atoms with E-state index in [4.69, 9.17) is 13.9 Å². The van der Waals surface area contributed by atoms with Crippen LogP contribution in [-0.2, 0) is 22.3 Å². The van der Waals surface area contributed by atoms with Crippen LogP contribution in [0.25, 0.3) is 16.7 Å². The maximum atomic E-state index is 11.9. The highest BCUT2D eigenvalue weighted by Gasteiger charge is 2.31. The van der Waals surface area contributed by atoms with E-state index in [2.05, 4.69) is 28.1 Å². The van der Waals surface area contributed by atoms with Crippen LogP contribution in [0.5, 0.6) is 0 Å². The van der Waals surface area contributed by atoms with Gasteiger partial charge in [0.05, 0.1) is 37.9 Å². The fourth-order valence-electron chi connectivity index (χ4n) is 7.74. The molecule has 1 aromatic heterocycles. The average molecular weight is 658 g/mol. The third-order valence-corrected chi connectivity index (χ3v) is 10.6. The first-order chi connectivity index (χ1) is 21.5. The molecule has 0 bridgehead atoms. The van der Waals surface area contributed by atoms with Gasteiger partial charge in [0.1, 0.15) is 0 Å². The Morgan fingerprint density at radius 1 is 0.705 bits per heavy atom. The van der Waals surface area contributed by atoms with E-state index in [1.165, 1.54) is 127 Å². The van der Waals surface area contributed by atoms with Gasteiger partial charge in [-0.25, -0.2) is 9.59 Å². The van der Waals surface area contributed by atoms with Crippen LogP contribution in [0.4, 0.5) is 0 Å². The Morgan fingerprint density at radius 2 is 1.23 bits per heavy atom. The quantitative estimate of drug-likeness (QED) is 0.256. The number of halogens is 1. The third kappa shape index (κ3) is 6.24. The van der Waals surface area contributed by atoms with Crippen LogP contribution in [0.3, 0.4) is 0 Å². The molecule has 0 spiro atoms. The van der Waals surface area contributed by atoms with Crippen molar-refractivity contribution in [2.24, 2.45) is 11.8 Å². The molecule has 0 amide bonds. The van der Waals surface area contributed by atoms with Gasteiger partial charge in [0.2, 0.25) is 0 Å². The number of hydrogen-bond acceptors (Lipinski definition) is 5. The number of carbonyl (C=O) groups is 2. The molecule has 0 unspecified atom stereocenters. The zero-order chi connectivity index (χ0) is 30.6. The lowest BCUT2D eigenvalue weighted by atomic mass is 9.80. The van der Waals surface area contributed by atoms with Crippen molar-refractivity contribution < 1.29 is 23.5 Å². The number of allylic oxidation sites excluding steroid dienone is 4. The Balaban J connectivity index is 0.000000159. The normalized spacial score (nSPS) is 18.4. The molecular formula is C38H41BrO5. The van der Waals surface area contributed by atoms with E-state index in [0.717, 1.165) is 12.8 Å². The summed E-state index contributed by atoms with van der Waals surface area (Å²) in [4.78, 5) is 23.5. The fraction of sp³-hybridized carbons (Fsp3) is 0.421. The van der Waals surface area contributed by atoms with Gasteiger partial charge in [-0.3, -0.25) is 0 Å². The summed E-state index contributed by atoms with van der Waals surface area (Å²) in [5, 5.41) is 0. The van der Waals surface area contributed by atoms with Crippen LogP contribution in [0.1, 0.15) is 113 Å². The Hall–Kier alpha value is -3.38. The molecule has 2 aromatic carbocycles. The second-order valence-electron chi connectivity index (χ2n) is 12.5. The number of carbonyl (C=O) groups excluding carboxylic acids is 2. The monoisotopic (exact) mass is 656 g/mol. The molecule has 7 rings (SSSR count).